The zero-order valence-corrected chi connectivity index (χ0v) is 14.4. The molecule has 1 rings (SSSR count). The lowest BCUT2D eigenvalue weighted by atomic mass is 10.1. The summed E-state index contributed by atoms with van der Waals surface area (Å²) in [5.74, 6) is -0.258. The first-order valence-electron chi connectivity index (χ1n) is 7.84. The summed E-state index contributed by atoms with van der Waals surface area (Å²) in [7, 11) is -4.09. The fourth-order valence-electron chi connectivity index (χ4n) is 2.77. The zero-order valence-electron chi connectivity index (χ0n) is 13.6. The smallest absolute Gasteiger partial charge is 0.104 e. The summed E-state index contributed by atoms with van der Waals surface area (Å²) in [6.07, 6.45) is 3.04. The van der Waals surface area contributed by atoms with Crippen LogP contribution in [0, 0.1) is 0 Å². The van der Waals surface area contributed by atoms with E-state index in [1.54, 1.807) is 0 Å². The third kappa shape index (κ3) is 6.30. The van der Waals surface area contributed by atoms with Crippen LogP contribution in [0.15, 0.2) is 30.8 Å². The minimum absolute atomic E-state index is 0.258. The summed E-state index contributed by atoms with van der Waals surface area (Å²) in [5.41, 5.74) is 2.37. The number of hydrogen-bond acceptors (Lipinski definition) is 3. The Bertz CT molecular complexity index is 577. The van der Waals surface area contributed by atoms with Crippen LogP contribution in [0.1, 0.15) is 37.8 Å². The predicted octanol–water partition coefficient (Wildman–Crippen LogP) is 3.01. The summed E-state index contributed by atoms with van der Waals surface area (Å²) in [6, 6.07) is 8.33. The van der Waals surface area contributed by atoms with Gasteiger partial charge in [-0.25, -0.2) is 8.42 Å². The molecule has 0 aliphatic carbocycles. The quantitative estimate of drug-likeness (QED) is 0.377. The molecule has 0 aromatic heterocycles. The Morgan fingerprint density at radius 1 is 1.23 bits per heavy atom. The Kier molecular flexibility index (Phi) is 7.26. The van der Waals surface area contributed by atoms with Crippen molar-refractivity contribution in [3.05, 3.63) is 42.0 Å². The van der Waals surface area contributed by atoms with Gasteiger partial charge in [-0.05, 0) is 38.3 Å². The summed E-state index contributed by atoms with van der Waals surface area (Å²) in [5, 5.41) is 0. The molecule has 0 aliphatic rings. The van der Waals surface area contributed by atoms with Gasteiger partial charge in [0, 0.05) is 11.3 Å². The predicted molar refractivity (Wildman–Crippen MR) is 90.2 cm³/mol. The van der Waals surface area contributed by atoms with Gasteiger partial charge in [0.05, 0.1) is 29.8 Å². The number of hydrogen-bond donors (Lipinski definition) is 0. The SMILES string of the molecule is C=Cc1cccc(C[N+](CC)(CC)CCCCS(=O)(=O)[O-])c1. The Hall–Kier alpha value is -1.17. The van der Waals surface area contributed by atoms with Crippen molar-refractivity contribution in [1.82, 2.24) is 0 Å². The van der Waals surface area contributed by atoms with E-state index >= 15 is 0 Å². The molecule has 0 N–H and O–H groups in total. The average Bonchev–Trinajstić information content (AvgIpc) is 2.49. The minimum atomic E-state index is -4.09. The standard InChI is InChI=1S/C17H27NO3S/c1-4-16-10-9-11-17(14-16)15-18(5-2,6-3)12-7-8-13-22(19,20)21/h4,9-11,14H,1,5-8,12-13,15H2,2-3H3. The topological polar surface area (TPSA) is 57.2 Å². The Labute approximate surface area is 134 Å². The van der Waals surface area contributed by atoms with Gasteiger partial charge in [0.25, 0.3) is 0 Å². The second-order valence-corrected chi connectivity index (χ2v) is 7.30. The van der Waals surface area contributed by atoms with Gasteiger partial charge in [-0.15, -0.1) is 0 Å². The highest BCUT2D eigenvalue weighted by molar-refractivity contribution is 7.85. The molecule has 0 saturated heterocycles. The van der Waals surface area contributed by atoms with Crippen molar-refractivity contribution >= 4 is 16.2 Å². The second kappa shape index (κ2) is 8.46. The number of quaternary nitrogens is 1. The first-order chi connectivity index (χ1) is 10.3. The average molecular weight is 325 g/mol. The van der Waals surface area contributed by atoms with Gasteiger partial charge in [-0.3, -0.25) is 0 Å². The molecule has 0 spiro atoms. The highest BCUT2D eigenvalue weighted by Crippen LogP contribution is 2.18. The van der Waals surface area contributed by atoms with Crippen LogP contribution in [0.25, 0.3) is 6.08 Å². The van der Waals surface area contributed by atoms with E-state index in [9.17, 15) is 13.0 Å². The van der Waals surface area contributed by atoms with E-state index in [0.29, 0.717) is 6.42 Å². The van der Waals surface area contributed by atoms with Crippen molar-refractivity contribution in [2.75, 3.05) is 25.4 Å². The lowest BCUT2D eigenvalue weighted by molar-refractivity contribution is -0.938. The van der Waals surface area contributed by atoms with Crippen LogP contribution in [0.5, 0.6) is 0 Å². The Balaban J connectivity index is 2.71. The summed E-state index contributed by atoms with van der Waals surface area (Å²) < 4.78 is 33.0. The molecular formula is C17H27NO3S. The largest absolute Gasteiger partial charge is 0.748 e. The summed E-state index contributed by atoms with van der Waals surface area (Å²) >= 11 is 0. The van der Waals surface area contributed by atoms with Gasteiger partial charge in [-0.1, -0.05) is 30.9 Å². The van der Waals surface area contributed by atoms with E-state index in [4.69, 9.17) is 0 Å². The van der Waals surface area contributed by atoms with E-state index in [0.717, 1.165) is 42.6 Å². The van der Waals surface area contributed by atoms with E-state index in [-0.39, 0.29) is 5.75 Å². The molecule has 22 heavy (non-hydrogen) atoms. The lowest BCUT2D eigenvalue weighted by Crippen LogP contribution is -2.47. The van der Waals surface area contributed by atoms with E-state index in [1.807, 2.05) is 18.2 Å². The molecule has 5 heteroatoms. The Morgan fingerprint density at radius 2 is 1.91 bits per heavy atom. The first-order valence-corrected chi connectivity index (χ1v) is 9.42. The number of benzene rings is 1. The highest BCUT2D eigenvalue weighted by Gasteiger charge is 2.23. The van der Waals surface area contributed by atoms with Crippen molar-refractivity contribution in [3.8, 4) is 0 Å². The molecule has 0 amide bonds. The minimum Gasteiger partial charge on any atom is -0.748 e. The highest BCUT2D eigenvalue weighted by atomic mass is 32.2. The summed E-state index contributed by atoms with van der Waals surface area (Å²) in [4.78, 5) is 0. The van der Waals surface area contributed by atoms with Crippen LogP contribution in [-0.2, 0) is 16.7 Å². The monoisotopic (exact) mass is 325 g/mol. The van der Waals surface area contributed by atoms with Gasteiger partial charge in [0.1, 0.15) is 6.54 Å². The van der Waals surface area contributed by atoms with Crippen LogP contribution in [-0.4, -0.2) is 42.8 Å². The van der Waals surface area contributed by atoms with Gasteiger partial charge in [0.15, 0.2) is 0 Å². The molecule has 0 aliphatic heterocycles. The van der Waals surface area contributed by atoms with Crippen molar-refractivity contribution in [2.45, 2.75) is 33.2 Å². The first kappa shape index (κ1) is 18.9. The van der Waals surface area contributed by atoms with Gasteiger partial charge in [-0.2, -0.15) is 0 Å². The van der Waals surface area contributed by atoms with E-state index < -0.39 is 10.1 Å². The Morgan fingerprint density at radius 3 is 2.45 bits per heavy atom. The molecule has 0 saturated carbocycles. The zero-order chi connectivity index (χ0) is 16.6. The molecule has 0 heterocycles. The molecule has 4 nitrogen and oxygen atoms in total. The van der Waals surface area contributed by atoms with Crippen molar-refractivity contribution < 1.29 is 17.5 Å². The van der Waals surface area contributed by atoms with Crippen LogP contribution in [0.4, 0.5) is 0 Å². The molecule has 0 atom stereocenters. The van der Waals surface area contributed by atoms with Gasteiger partial charge in [0.2, 0.25) is 0 Å². The van der Waals surface area contributed by atoms with E-state index in [2.05, 4.69) is 32.6 Å². The third-order valence-corrected chi connectivity index (χ3v) is 5.11. The molecule has 0 fully saturated rings. The molecular weight excluding hydrogens is 298 g/mol. The van der Waals surface area contributed by atoms with Crippen molar-refractivity contribution in [3.63, 3.8) is 0 Å². The third-order valence-electron chi connectivity index (χ3n) is 4.32. The molecule has 1 aromatic carbocycles. The number of unbranched alkanes of at least 4 members (excludes halogenated alkanes) is 1. The fourth-order valence-corrected chi connectivity index (χ4v) is 3.33. The molecule has 0 radical (unpaired) electrons. The van der Waals surface area contributed by atoms with Crippen molar-refractivity contribution in [2.24, 2.45) is 0 Å². The normalized spacial score (nSPS) is 12.3. The molecule has 1 aromatic rings. The van der Waals surface area contributed by atoms with Crippen molar-refractivity contribution in [1.29, 1.82) is 0 Å². The number of rotatable bonds is 10. The fraction of sp³-hybridized carbons (Fsp3) is 0.529. The van der Waals surface area contributed by atoms with Crippen LogP contribution in [0.2, 0.25) is 0 Å². The molecule has 0 unspecified atom stereocenters. The summed E-state index contributed by atoms with van der Waals surface area (Å²) in [6.45, 7) is 11.9. The molecule has 0 bridgehead atoms. The second-order valence-electron chi connectivity index (χ2n) is 5.77. The lowest BCUT2D eigenvalue weighted by Gasteiger charge is -2.37. The van der Waals surface area contributed by atoms with Crippen LogP contribution in [0.3, 0.4) is 0 Å². The van der Waals surface area contributed by atoms with Gasteiger partial charge < -0.3 is 9.04 Å². The maximum Gasteiger partial charge on any atom is 0.104 e. The maximum absolute atomic E-state index is 10.7. The van der Waals surface area contributed by atoms with Crippen LogP contribution >= 0.6 is 0 Å². The molecule has 124 valence electrons. The maximum atomic E-state index is 10.7. The van der Waals surface area contributed by atoms with Gasteiger partial charge >= 0.3 is 0 Å². The van der Waals surface area contributed by atoms with Crippen LogP contribution < -0.4 is 0 Å². The van der Waals surface area contributed by atoms with E-state index in [1.165, 1.54) is 5.56 Å². The number of nitrogens with zero attached hydrogens (tertiary/aromatic N) is 1.